The monoisotopic (exact) mass is 284 g/mol. The van der Waals surface area contributed by atoms with E-state index in [4.69, 9.17) is 5.73 Å². The van der Waals surface area contributed by atoms with Crippen LogP contribution in [0.2, 0.25) is 0 Å². The Bertz CT molecular complexity index is 558. The summed E-state index contributed by atoms with van der Waals surface area (Å²) in [6.45, 7) is 1.96. The van der Waals surface area contributed by atoms with Gasteiger partial charge in [0.25, 0.3) is 5.91 Å². The van der Waals surface area contributed by atoms with Crippen molar-refractivity contribution in [3.05, 3.63) is 29.3 Å². The van der Waals surface area contributed by atoms with Gasteiger partial charge in [-0.2, -0.15) is 0 Å². The second kappa shape index (κ2) is 4.49. The number of nitrogens with two attached hydrogens (primary N) is 1. The molecule has 4 aliphatic carbocycles. The van der Waals surface area contributed by atoms with E-state index in [2.05, 4.69) is 5.32 Å². The number of hydrogen-bond acceptors (Lipinski definition) is 2. The Morgan fingerprint density at radius 1 is 1.14 bits per heavy atom. The molecular weight excluding hydrogens is 260 g/mol. The van der Waals surface area contributed by atoms with Crippen LogP contribution < -0.4 is 11.1 Å². The summed E-state index contributed by atoms with van der Waals surface area (Å²) in [4.78, 5) is 12.6. The molecule has 21 heavy (non-hydrogen) atoms. The summed E-state index contributed by atoms with van der Waals surface area (Å²) >= 11 is 0. The van der Waals surface area contributed by atoms with Crippen LogP contribution in [0.3, 0.4) is 0 Å². The van der Waals surface area contributed by atoms with Crippen LogP contribution in [0.5, 0.6) is 0 Å². The first kappa shape index (κ1) is 13.2. The lowest BCUT2D eigenvalue weighted by atomic mass is 9.53. The molecule has 0 aliphatic heterocycles. The minimum Gasteiger partial charge on any atom is -0.399 e. The van der Waals surface area contributed by atoms with Gasteiger partial charge in [-0.25, -0.2) is 0 Å². The van der Waals surface area contributed by atoms with Gasteiger partial charge in [-0.1, -0.05) is 0 Å². The third kappa shape index (κ3) is 2.23. The summed E-state index contributed by atoms with van der Waals surface area (Å²) in [7, 11) is 0. The maximum absolute atomic E-state index is 12.6. The minimum atomic E-state index is 0.0834. The molecule has 0 saturated heterocycles. The molecule has 0 heterocycles. The molecule has 5 rings (SSSR count). The van der Waals surface area contributed by atoms with Gasteiger partial charge in [0.1, 0.15) is 0 Å². The van der Waals surface area contributed by atoms with E-state index in [0.717, 1.165) is 34.6 Å². The number of carbonyl (C=O) groups excluding carboxylic acids is 1. The Labute approximate surface area is 126 Å². The van der Waals surface area contributed by atoms with Crippen molar-refractivity contribution in [1.29, 1.82) is 0 Å². The van der Waals surface area contributed by atoms with Crippen molar-refractivity contribution in [3.63, 3.8) is 0 Å². The summed E-state index contributed by atoms with van der Waals surface area (Å²) in [5.41, 5.74) is 8.41. The smallest absolute Gasteiger partial charge is 0.251 e. The minimum absolute atomic E-state index is 0.0834. The number of nitrogen functional groups attached to an aromatic ring is 1. The first-order chi connectivity index (χ1) is 10.0. The van der Waals surface area contributed by atoms with Gasteiger partial charge >= 0.3 is 0 Å². The van der Waals surface area contributed by atoms with Gasteiger partial charge in [0.15, 0.2) is 0 Å². The van der Waals surface area contributed by atoms with Crippen LogP contribution in [0.15, 0.2) is 18.2 Å². The van der Waals surface area contributed by atoms with Gasteiger partial charge in [0.2, 0.25) is 0 Å². The molecule has 0 radical (unpaired) electrons. The number of rotatable bonds is 2. The third-order valence-electron chi connectivity index (χ3n) is 5.95. The Balaban J connectivity index is 1.55. The van der Waals surface area contributed by atoms with Crippen molar-refractivity contribution in [1.82, 2.24) is 5.32 Å². The van der Waals surface area contributed by atoms with E-state index >= 15 is 0 Å². The Morgan fingerprint density at radius 2 is 1.71 bits per heavy atom. The molecule has 0 unspecified atom stereocenters. The molecule has 4 fully saturated rings. The molecule has 3 N–H and O–H groups in total. The zero-order valence-corrected chi connectivity index (χ0v) is 12.7. The lowest BCUT2D eigenvalue weighted by molar-refractivity contribution is -0.0167. The predicted octanol–water partition coefficient (Wildman–Crippen LogP) is 3.28. The molecule has 4 saturated carbocycles. The maximum atomic E-state index is 12.6. The lowest BCUT2D eigenvalue weighted by Crippen LogP contribution is -2.59. The zero-order chi connectivity index (χ0) is 14.6. The van der Waals surface area contributed by atoms with Crippen LogP contribution in [-0.2, 0) is 0 Å². The van der Waals surface area contributed by atoms with Crippen LogP contribution in [0.1, 0.15) is 54.4 Å². The predicted molar refractivity (Wildman–Crippen MR) is 84.0 cm³/mol. The van der Waals surface area contributed by atoms with E-state index < -0.39 is 0 Å². The molecule has 4 aliphatic rings. The normalized spacial score (nSPS) is 36.7. The first-order valence-corrected chi connectivity index (χ1v) is 8.22. The van der Waals surface area contributed by atoms with Crippen LogP contribution in [0, 0.1) is 24.7 Å². The quantitative estimate of drug-likeness (QED) is 0.819. The molecule has 1 amide bonds. The number of hydrogen-bond donors (Lipinski definition) is 2. The summed E-state index contributed by atoms with van der Waals surface area (Å²) in [6.07, 6.45) is 7.78. The van der Waals surface area contributed by atoms with E-state index in [0.29, 0.717) is 0 Å². The fourth-order valence-electron chi connectivity index (χ4n) is 5.39. The SMILES string of the molecule is Cc1cc(C(=O)NC23CC4CC(CC(C4)C2)C3)ccc1N. The van der Waals surface area contributed by atoms with Gasteiger partial charge in [-0.15, -0.1) is 0 Å². The van der Waals surface area contributed by atoms with E-state index in [1.165, 1.54) is 38.5 Å². The van der Waals surface area contributed by atoms with Crippen molar-refractivity contribution in [2.45, 2.75) is 51.0 Å². The molecule has 112 valence electrons. The average Bonchev–Trinajstić information content (AvgIpc) is 2.39. The van der Waals surface area contributed by atoms with Crippen molar-refractivity contribution in [2.24, 2.45) is 17.8 Å². The first-order valence-electron chi connectivity index (χ1n) is 8.22. The molecule has 0 aromatic heterocycles. The number of amides is 1. The number of anilines is 1. The van der Waals surface area contributed by atoms with E-state index in [1.54, 1.807) is 0 Å². The number of nitrogens with one attached hydrogen (secondary N) is 1. The Hall–Kier alpha value is -1.51. The van der Waals surface area contributed by atoms with Crippen LogP contribution >= 0.6 is 0 Å². The van der Waals surface area contributed by atoms with Crippen molar-refractivity contribution >= 4 is 11.6 Å². The maximum Gasteiger partial charge on any atom is 0.251 e. The van der Waals surface area contributed by atoms with Crippen molar-refractivity contribution in [3.8, 4) is 0 Å². The van der Waals surface area contributed by atoms with Gasteiger partial charge < -0.3 is 11.1 Å². The van der Waals surface area contributed by atoms with Gasteiger partial charge in [-0.3, -0.25) is 4.79 Å². The number of aryl methyl sites for hydroxylation is 1. The highest BCUT2D eigenvalue weighted by Gasteiger charge is 2.51. The molecule has 3 heteroatoms. The molecule has 4 bridgehead atoms. The topological polar surface area (TPSA) is 55.1 Å². The fraction of sp³-hybridized carbons (Fsp3) is 0.611. The standard InChI is InChI=1S/C18H24N2O/c1-11-4-15(2-3-16(11)19)17(21)20-18-8-12-5-13(9-18)7-14(6-12)10-18/h2-4,12-14H,5-10,19H2,1H3,(H,20,21). The molecule has 3 nitrogen and oxygen atoms in total. The molecular formula is C18H24N2O. The number of benzene rings is 1. The molecule has 0 atom stereocenters. The average molecular weight is 284 g/mol. The largest absolute Gasteiger partial charge is 0.399 e. The highest BCUT2D eigenvalue weighted by molar-refractivity contribution is 5.95. The van der Waals surface area contributed by atoms with Gasteiger partial charge in [-0.05, 0) is 87.0 Å². The highest BCUT2D eigenvalue weighted by Crippen LogP contribution is 2.55. The lowest BCUT2D eigenvalue weighted by Gasteiger charge is -2.56. The summed E-state index contributed by atoms with van der Waals surface area (Å²) < 4.78 is 0. The summed E-state index contributed by atoms with van der Waals surface area (Å²) in [5.74, 6) is 2.64. The summed E-state index contributed by atoms with van der Waals surface area (Å²) in [6, 6.07) is 5.59. The second-order valence-electron chi connectivity index (χ2n) is 7.72. The third-order valence-corrected chi connectivity index (χ3v) is 5.95. The molecule has 0 spiro atoms. The van der Waals surface area contributed by atoms with E-state index in [9.17, 15) is 4.79 Å². The van der Waals surface area contributed by atoms with Gasteiger partial charge in [0, 0.05) is 16.8 Å². The van der Waals surface area contributed by atoms with Crippen LogP contribution in [0.25, 0.3) is 0 Å². The number of carbonyl (C=O) groups is 1. The van der Waals surface area contributed by atoms with Crippen molar-refractivity contribution < 1.29 is 4.79 Å². The van der Waals surface area contributed by atoms with E-state index in [-0.39, 0.29) is 11.4 Å². The molecule has 1 aromatic carbocycles. The Morgan fingerprint density at radius 3 is 2.24 bits per heavy atom. The fourth-order valence-corrected chi connectivity index (χ4v) is 5.39. The summed E-state index contributed by atoms with van der Waals surface area (Å²) in [5, 5.41) is 3.41. The second-order valence-corrected chi connectivity index (χ2v) is 7.72. The molecule has 1 aromatic rings. The van der Waals surface area contributed by atoms with Gasteiger partial charge in [0.05, 0.1) is 0 Å². The zero-order valence-electron chi connectivity index (χ0n) is 12.7. The van der Waals surface area contributed by atoms with E-state index in [1.807, 2.05) is 25.1 Å². The Kier molecular flexibility index (Phi) is 2.82. The van der Waals surface area contributed by atoms with Crippen molar-refractivity contribution in [2.75, 3.05) is 5.73 Å². The van der Waals surface area contributed by atoms with Crippen LogP contribution in [-0.4, -0.2) is 11.4 Å². The van der Waals surface area contributed by atoms with Crippen LogP contribution in [0.4, 0.5) is 5.69 Å². The highest BCUT2D eigenvalue weighted by atomic mass is 16.1.